The maximum absolute atomic E-state index is 13.2. The minimum Gasteiger partial charge on any atom is -0.355 e. The number of nitrogens with two attached hydrogens (primary N) is 1. The number of rotatable bonds is 7. The Labute approximate surface area is 165 Å². The van der Waals surface area contributed by atoms with E-state index in [1.165, 1.54) is 32.1 Å². The summed E-state index contributed by atoms with van der Waals surface area (Å²) in [7, 11) is 0. The highest BCUT2D eigenvalue weighted by atomic mass is 35.5. The van der Waals surface area contributed by atoms with Crippen LogP contribution in [0.1, 0.15) is 65.2 Å². The van der Waals surface area contributed by atoms with Crippen molar-refractivity contribution in [2.75, 3.05) is 26.2 Å². The molecule has 1 saturated heterocycles. The van der Waals surface area contributed by atoms with Crippen molar-refractivity contribution in [3.63, 3.8) is 0 Å². The zero-order valence-corrected chi connectivity index (χ0v) is 17.4. The second kappa shape index (κ2) is 11.8. The van der Waals surface area contributed by atoms with Crippen LogP contribution in [-0.4, -0.2) is 42.9 Å². The molecule has 0 aromatic heterocycles. The average molecular weight is 388 g/mol. The summed E-state index contributed by atoms with van der Waals surface area (Å²) in [4.78, 5) is 27.4. The second-order valence-corrected chi connectivity index (χ2v) is 8.29. The summed E-state index contributed by atoms with van der Waals surface area (Å²) in [6, 6.07) is 0. The zero-order chi connectivity index (χ0) is 18.2. The van der Waals surface area contributed by atoms with Gasteiger partial charge in [0.1, 0.15) is 0 Å². The lowest BCUT2D eigenvalue weighted by molar-refractivity contribution is -0.141. The van der Waals surface area contributed by atoms with Crippen molar-refractivity contribution in [2.45, 2.75) is 65.2 Å². The van der Waals surface area contributed by atoms with Gasteiger partial charge in [0.05, 0.1) is 5.92 Å². The van der Waals surface area contributed by atoms with E-state index >= 15 is 0 Å². The lowest BCUT2D eigenvalue weighted by Gasteiger charge is -2.36. The molecule has 2 rings (SSSR count). The van der Waals surface area contributed by atoms with Gasteiger partial charge in [0.15, 0.2) is 0 Å². The molecule has 0 aromatic rings. The number of carbonyl (C=O) groups is 2. The van der Waals surface area contributed by atoms with Gasteiger partial charge < -0.3 is 16.0 Å². The van der Waals surface area contributed by atoms with Gasteiger partial charge in [-0.25, -0.2) is 0 Å². The third-order valence-corrected chi connectivity index (χ3v) is 5.98. The lowest BCUT2D eigenvalue weighted by Crippen LogP contribution is -2.48. The van der Waals surface area contributed by atoms with E-state index in [0.29, 0.717) is 31.5 Å². The molecule has 152 valence electrons. The Bertz CT molecular complexity index is 439. The van der Waals surface area contributed by atoms with Crippen molar-refractivity contribution < 1.29 is 9.59 Å². The average Bonchev–Trinajstić information content (AvgIpc) is 2.64. The first-order chi connectivity index (χ1) is 12.0. The highest BCUT2D eigenvalue weighted by molar-refractivity contribution is 5.85. The first-order valence-corrected chi connectivity index (χ1v) is 10.3. The number of likely N-dealkylation sites (tertiary alicyclic amines) is 1. The van der Waals surface area contributed by atoms with Crippen molar-refractivity contribution >= 4 is 24.2 Å². The number of hydrogen-bond donors (Lipinski definition) is 2. The predicted octanol–water partition coefficient (Wildman–Crippen LogP) is 2.96. The van der Waals surface area contributed by atoms with Crippen LogP contribution in [-0.2, 0) is 9.59 Å². The minimum absolute atomic E-state index is 0. The van der Waals surface area contributed by atoms with E-state index in [-0.39, 0.29) is 36.1 Å². The van der Waals surface area contributed by atoms with Crippen molar-refractivity contribution in [3.8, 4) is 0 Å². The molecule has 2 aliphatic rings. The molecule has 1 saturated carbocycles. The molecule has 0 radical (unpaired) electrons. The third kappa shape index (κ3) is 6.73. The van der Waals surface area contributed by atoms with E-state index in [9.17, 15) is 9.59 Å². The number of hydrogen-bond acceptors (Lipinski definition) is 3. The summed E-state index contributed by atoms with van der Waals surface area (Å²) in [6.45, 7) is 6.68. The van der Waals surface area contributed by atoms with Crippen molar-refractivity contribution in [1.29, 1.82) is 0 Å². The second-order valence-electron chi connectivity index (χ2n) is 8.29. The van der Waals surface area contributed by atoms with E-state index in [2.05, 4.69) is 19.2 Å². The predicted molar refractivity (Wildman–Crippen MR) is 108 cm³/mol. The monoisotopic (exact) mass is 387 g/mol. The van der Waals surface area contributed by atoms with Gasteiger partial charge in [0, 0.05) is 32.1 Å². The van der Waals surface area contributed by atoms with Gasteiger partial charge in [-0.05, 0) is 31.1 Å². The largest absolute Gasteiger partial charge is 0.355 e. The Morgan fingerprint density at radius 3 is 2.42 bits per heavy atom. The number of piperidine rings is 1. The van der Waals surface area contributed by atoms with Gasteiger partial charge in [-0.2, -0.15) is 0 Å². The van der Waals surface area contributed by atoms with Crippen LogP contribution < -0.4 is 11.1 Å². The molecule has 3 N–H and O–H groups in total. The van der Waals surface area contributed by atoms with Gasteiger partial charge in [0.25, 0.3) is 0 Å². The molecule has 1 aliphatic carbocycles. The summed E-state index contributed by atoms with van der Waals surface area (Å²) < 4.78 is 0. The van der Waals surface area contributed by atoms with Crippen LogP contribution in [0, 0.1) is 23.7 Å². The van der Waals surface area contributed by atoms with Gasteiger partial charge in [-0.1, -0.05) is 46.0 Å². The van der Waals surface area contributed by atoms with E-state index in [1.54, 1.807) is 0 Å². The molecule has 6 heteroatoms. The lowest BCUT2D eigenvalue weighted by atomic mass is 9.78. The first-order valence-electron chi connectivity index (χ1n) is 10.3. The molecule has 1 aliphatic heterocycles. The molecule has 2 unspecified atom stereocenters. The molecule has 26 heavy (non-hydrogen) atoms. The van der Waals surface area contributed by atoms with Crippen LogP contribution in [0.2, 0.25) is 0 Å². The SMILES string of the molecule is CC(C)C(CC1CCCCC1)C(=O)N1CCCC(C(=O)NCCN)C1.Cl. The number of amides is 2. The van der Waals surface area contributed by atoms with Gasteiger partial charge in [-0.15, -0.1) is 12.4 Å². The molecule has 5 nitrogen and oxygen atoms in total. The van der Waals surface area contributed by atoms with Gasteiger partial charge in [0.2, 0.25) is 11.8 Å². The molecule has 1 heterocycles. The van der Waals surface area contributed by atoms with E-state index in [0.717, 1.165) is 25.8 Å². The highest BCUT2D eigenvalue weighted by Crippen LogP contribution is 2.33. The number of nitrogens with one attached hydrogen (secondary N) is 1. The summed E-state index contributed by atoms with van der Waals surface area (Å²) in [6.07, 6.45) is 9.35. The minimum atomic E-state index is -0.0771. The van der Waals surface area contributed by atoms with Crippen molar-refractivity contribution in [2.24, 2.45) is 29.4 Å². The fourth-order valence-corrected chi connectivity index (χ4v) is 4.41. The van der Waals surface area contributed by atoms with Crippen LogP contribution in [0.15, 0.2) is 0 Å². The molecular formula is C20H38ClN3O2. The van der Waals surface area contributed by atoms with E-state index in [4.69, 9.17) is 5.73 Å². The van der Waals surface area contributed by atoms with Crippen LogP contribution >= 0.6 is 12.4 Å². The molecule has 2 atom stereocenters. The van der Waals surface area contributed by atoms with Gasteiger partial charge >= 0.3 is 0 Å². The molecular weight excluding hydrogens is 350 g/mol. The Morgan fingerprint density at radius 1 is 1.12 bits per heavy atom. The maximum atomic E-state index is 13.2. The van der Waals surface area contributed by atoms with E-state index in [1.807, 2.05) is 4.90 Å². The van der Waals surface area contributed by atoms with Crippen molar-refractivity contribution in [3.05, 3.63) is 0 Å². The molecule has 2 amide bonds. The first kappa shape index (κ1) is 23.2. The number of halogens is 1. The third-order valence-electron chi connectivity index (χ3n) is 5.98. The number of carbonyl (C=O) groups excluding carboxylic acids is 2. The summed E-state index contributed by atoms with van der Waals surface area (Å²) in [5.74, 6) is 1.42. The number of nitrogens with zero attached hydrogens (tertiary/aromatic N) is 1. The van der Waals surface area contributed by atoms with E-state index < -0.39 is 0 Å². The topological polar surface area (TPSA) is 75.4 Å². The molecule has 0 spiro atoms. The van der Waals surface area contributed by atoms with Gasteiger partial charge in [-0.3, -0.25) is 9.59 Å². The fraction of sp³-hybridized carbons (Fsp3) is 0.900. The Balaban J connectivity index is 0.00000338. The fourth-order valence-electron chi connectivity index (χ4n) is 4.41. The normalized spacial score (nSPS) is 22.6. The quantitative estimate of drug-likeness (QED) is 0.705. The van der Waals surface area contributed by atoms with Crippen LogP contribution in [0.3, 0.4) is 0 Å². The van der Waals surface area contributed by atoms with Crippen molar-refractivity contribution in [1.82, 2.24) is 10.2 Å². The maximum Gasteiger partial charge on any atom is 0.225 e. The zero-order valence-electron chi connectivity index (χ0n) is 16.5. The summed E-state index contributed by atoms with van der Waals surface area (Å²) in [5, 5.41) is 2.88. The van der Waals surface area contributed by atoms with Crippen LogP contribution in [0.25, 0.3) is 0 Å². The molecule has 2 fully saturated rings. The summed E-state index contributed by atoms with van der Waals surface area (Å²) in [5.41, 5.74) is 5.46. The highest BCUT2D eigenvalue weighted by Gasteiger charge is 2.34. The summed E-state index contributed by atoms with van der Waals surface area (Å²) >= 11 is 0. The molecule has 0 bridgehead atoms. The van der Waals surface area contributed by atoms with Crippen LogP contribution in [0.5, 0.6) is 0 Å². The standard InChI is InChI=1S/C20H37N3O2.ClH/c1-15(2)18(13-16-7-4-3-5-8-16)20(25)23-12-6-9-17(14-23)19(24)22-11-10-21;/h15-18H,3-14,21H2,1-2H3,(H,22,24);1H. The Hall–Kier alpha value is -0.810. The Kier molecular flexibility index (Phi) is 10.6. The smallest absolute Gasteiger partial charge is 0.225 e. The van der Waals surface area contributed by atoms with Crippen LogP contribution in [0.4, 0.5) is 0 Å². The Morgan fingerprint density at radius 2 is 1.81 bits per heavy atom. The molecule has 0 aromatic carbocycles.